The average Bonchev–Trinajstić information content (AvgIpc) is 2.67. The molecule has 2 heterocycles. The first-order valence-corrected chi connectivity index (χ1v) is 7.07. The molecule has 0 atom stereocenters. The van der Waals surface area contributed by atoms with Crippen LogP contribution in [0.4, 0.5) is 0 Å². The maximum Gasteiger partial charge on any atom is 0.0568 e. The lowest BCUT2D eigenvalue weighted by atomic mass is 9.86. The molecule has 0 spiro atoms. The predicted molar refractivity (Wildman–Crippen MR) is 80.6 cm³/mol. The summed E-state index contributed by atoms with van der Waals surface area (Å²) in [6.07, 6.45) is 1.91. The molecular weight excluding hydrogens is 238 g/mol. The molecule has 92 valence electrons. The van der Waals surface area contributed by atoms with Crippen LogP contribution in [0.3, 0.4) is 0 Å². The maximum atomic E-state index is 4.38. The van der Waals surface area contributed by atoms with Crippen molar-refractivity contribution in [3.63, 3.8) is 0 Å². The molecule has 2 aromatic heterocycles. The van der Waals surface area contributed by atoms with Gasteiger partial charge >= 0.3 is 0 Å². The van der Waals surface area contributed by atoms with Crippen LogP contribution < -0.4 is 0 Å². The van der Waals surface area contributed by atoms with E-state index in [2.05, 4.69) is 56.9 Å². The molecule has 0 bridgehead atoms. The number of rotatable bonds is 0. The summed E-state index contributed by atoms with van der Waals surface area (Å²) in [7, 11) is 0. The summed E-state index contributed by atoms with van der Waals surface area (Å²) in [4.78, 5) is 4.38. The molecule has 0 aliphatic carbocycles. The fourth-order valence-electron chi connectivity index (χ4n) is 2.30. The van der Waals surface area contributed by atoms with E-state index in [1.54, 1.807) is 0 Å². The van der Waals surface area contributed by atoms with Gasteiger partial charge in [-0.15, -0.1) is 11.3 Å². The lowest BCUT2D eigenvalue weighted by Crippen LogP contribution is -2.10. The third-order valence-electron chi connectivity index (χ3n) is 3.43. The van der Waals surface area contributed by atoms with Crippen molar-refractivity contribution in [3.8, 4) is 0 Å². The summed E-state index contributed by atoms with van der Waals surface area (Å²) in [5, 5.41) is 2.71. The van der Waals surface area contributed by atoms with Crippen molar-refractivity contribution in [2.24, 2.45) is 0 Å². The third-order valence-corrected chi connectivity index (χ3v) is 4.73. The third kappa shape index (κ3) is 1.72. The molecule has 0 fully saturated rings. The summed E-state index contributed by atoms with van der Waals surface area (Å²) < 4.78 is 2.67. The maximum absolute atomic E-state index is 4.38. The topological polar surface area (TPSA) is 12.9 Å². The summed E-state index contributed by atoms with van der Waals surface area (Å²) in [5.41, 5.74) is 2.72. The van der Waals surface area contributed by atoms with E-state index in [1.807, 2.05) is 17.5 Å². The Hall–Kier alpha value is -1.41. The highest BCUT2D eigenvalue weighted by Crippen LogP contribution is 2.37. The van der Waals surface area contributed by atoms with Crippen molar-refractivity contribution >= 4 is 31.5 Å². The summed E-state index contributed by atoms with van der Waals surface area (Å²) in [6, 6.07) is 8.97. The number of thiophene rings is 1. The smallest absolute Gasteiger partial charge is 0.0568 e. The van der Waals surface area contributed by atoms with Crippen molar-refractivity contribution in [1.29, 1.82) is 0 Å². The number of nitrogens with zero attached hydrogens (tertiary/aromatic N) is 1. The molecule has 3 rings (SSSR count). The average molecular weight is 255 g/mol. The van der Waals surface area contributed by atoms with Crippen LogP contribution in [0.15, 0.2) is 30.5 Å². The Kier molecular flexibility index (Phi) is 2.46. The van der Waals surface area contributed by atoms with Gasteiger partial charge in [-0.05, 0) is 36.1 Å². The van der Waals surface area contributed by atoms with E-state index in [0.29, 0.717) is 0 Å². The Morgan fingerprint density at radius 3 is 2.56 bits per heavy atom. The Morgan fingerprint density at radius 1 is 1.06 bits per heavy atom. The van der Waals surface area contributed by atoms with Gasteiger partial charge in [0.2, 0.25) is 0 Å². The molecule has 0 amide bonds. The van der Waals surface area contributed by atoms with Crippen molar-refractivity contribution in [2.45, 2.75) is 33.1 Å². The summed E-state index contributed by atoms with van der Waals surface area (Å²) in [6.45, 7) is 8.86. The van der Waals surface area contributed by atoms with Gasteiger partial charge in [-0.1, -0.05) is 26.8 Å². The Balaban J connectivity index is 2.40. The number of aryl methyl sites for hydroxylation is 1. The molecule has 1 nitrogen and oxygen atoms in total. The predicted octanol–water partition coefficient (Wildman–Crippen LogP) is 5.06. The SMILES string of the molecule is Cc1nccc2c1sc1ccc(C(C)(C)C)cc12. The van der Waals surface area contributed by atoms with Crippen LogP contribution in [0.25, 0.3) is 20.2 Å². The van der Waals surface area contributed by atoms with Gasteiger partial charge in [-0.25, -0.2) is 0 Å². The highest BCUT2D eigenvalue weighted by molar-refractivity contribution is 7.26. The number of fused-ring (bicyclic) bond motifs is 3. The zero-order valence-electron chi connectivity index (χ0n) is 11.2. The van der Waals surface area contributed by atoms with Gasteiger partial charge in [0.25, 0.3) is 0 Å². The van der Waals surface area contributed by atoms with E-state index in [4.69, 9.17) is 0 Å². The second kappa shape index (κ2) is 3.79. The lowest BCUT2D eigenvalue weighted by molar-refractivity contribution is 0.591. The molecule has 0 radical (unpaired) electrons. The van der Waals surface area contributed by atoms with E-state index in [0.717, 1.165) is 5.69 Å². The first-order valence-electron chi connectivity index (χ1n) is 6.25. The number of hydrogen-bond donors (Lipinski definition) is 0. The molecule has 0 aliphatic rings. The Bertz CT molecular complexity index is 732. The molecular formula is C16H17NS. The van der Waals surface area contributed by atoms with Gasteiger partial charge in [0.05, 0.1) is 10.4 Å². The van der Waals surface area contributed by atoms with Gasteiger partial charge in [-0.2, -0.15) is 0 Å². The number of pyridine rings is 1. The van der Waals surface area contributed by atoms with E-state index >= 15 is 0 Å². The molecule has 1 aromatic carbocycles. The van der Waals surface area contributed by atoms with Crippen LogP contribution in [0, 0.1) is 6.92 Å². The zero-order valence-corrected chi connectivity index (χ0v) is 12.1. The largest absolute Gasteiger partial charge is 0.260 e. The fraction of sp³-hybridized carbons (Fsp3) is 0.312. The minimum Gasteiger partial charge on any atom is -0.260 e. The van der Waals surface area contributed by atoms with Gasteiger partial charge in [0, 0.05) is 21.7 Å². The Labute approximate surface area is 111 Å². The molecule has 0 unspecified atom stereocenters. The first-order chi connectivity index (χ1) is 8.47. The van der Waals surface area contributed by atoms with Gasteiger partial charge < -0.3 is 0 Å². The first kappa shape index (κ1) is 11.7. The summed E-state index contributed by atoms with van der Waals surface area (Å²) in [5.74, 6) is 0. The van der Waals surface area contributed by atoms with E-state index in [-0.39, 0.29) is 5.41 Å². The van der Waals surface area contributed by atoms with Gasteiger partial charge in [-0.3, -0.25) is 4.98 Å². The van der Waals surface area contributed by atoms with Gasteiger partial charge in [0.15, 0.2) is 0 Å². The van der Waals surface area contributed by atoms with Crippen LogP contribution in [0.5, 0.6) is 0 Å². The van der Waals surface area contributed by atoms with Crippen LogP contribution in [0.2, 0.25) is 0 Å². The minimum absolute atomic E-state index is 0.199. The van der Waals surface area contributed by atoms with Crippen molar-refractivity contribution < 1.29 is 0 Å². The molecule has 18 heavy (non-hydrogen) atoms. The fourth-order valence-corrected chi connectivity index (χ4v) is 3.42. The van der Waals surface area contributed by atoms with Crippen LogP contribution in [-0.4, -0.2) is 4.98 Å². The van der Waals surface area contributed by atoms with Crippen molar-refractivity contribution in [1.82, 2.24) is 4.98 Å². The number of hydrogen-bond acceptors (Lipinski definition) is 2. The summed E-state index contributed by atoms with van der Waals surface area (Å²) >= 11 is 1.85. The van der Waals surface area contributed by atoms with E-state index < -0.39 is 0 Å². The molecule has 0 saturated heterocycles. The van der Waals surface area contributed by atoms with E-state index in [1.165, 1.54) is 25.7 Å². The van der Waals surface area contributed by atoms with E-state index in [9.17, 15) is 0 Å². The van der Waals surface area contributed by atoms with Crippen LogP contribution in [-0.2, 0) is 5.41 Å². The lowest BCUT2D eigenvalue weighted by Gasteiger charge is -2.18. The monoisotopic (exact) mass is 255 g/mol. The van der Waals surface area contributed by atoms with Crippen molar-refractivity contribution in [2.75, 3.05) is 0 Å². The minimum atomic E-state index is 0.199. The van der Waals surface area contributed by atoms with Crippen LogP contribution in [0.1, 0.15) is 32.0 Å². The number of aromatic nitrogens is 1. The normalized spacial score (nSPS) is 12.4. The molecule has 0 N–H and O–H groups in total. The second-order valence-electron chi connectivity index (χ2n) is 5.84. The quantitative estimate of drug-likeness (QED) is 0.547. The standard InChI is InChI=1S/C16H17NS/c1-10-15-12(7-8-17-10)13-9-11(16(2,3)4)5-6-14(13)18-15/h5-9H,1-4H3. The zero-order chi connectivity index (χ0) is 12.9. The number of benzene rings is 1. The molecule has 2 heteroatoms. The molecule has 0 aliphatic heterocycles. The highest BCUT2D eigenvalue weighted by Gasteiger charge is 2.15. The second-order valence-corrected chi connectivity index (χ2v) is 6.89. The highest BCUT2D eigenvalue weighted by atomic mass is 32.1. The Morgan fingerprint density at radius 2 is 1.83 bits per heavy atom. The molecule has 0 saturated carbocycles. The van der Waals surface area contributed by atoms with Crippen LogP contribution >= 0.6 is 11.3 Å². The van der Waals surface area contributed by atoms with Crippen molar-refractivity contribution in [3.05, 3.63) is 41.7 Å². The molecule has 3 aromatic rings. The van der Waals surface area contributed by atoms with Gasteiger partial charge in [0.1, 0.15) is 0 Å².